The van der Waals surface area contributed by atoms with Crippen LogP contribution < -0.4 is 0 Å². The minimum atomic E-state index is -1.17. The minimum Gasteiger partial charge on any atom is -0.388 e. The highest BCUT2D eigenvalue weighted by Gasteiger charge is 2.35. The van der Waals surface area contributed by atoms with E-state index in [-0.39, 0.29) is 6.54 Å². The largest absolute Gasteiger partial charge is 0.388 e. The van der Waals surface area contributed by atoms with Crippen LogP contribution in [0.3, 0.4) is 0 Å². The molecule has 0 aliphatic carbocycles. The standard InChI is InChI=1S/C13H16N2O3/c1-6-3-8-9(4-7(6)2)15-5-10(16)11(17)12(18)13(15)14-8/h3-4,10-12,16-18H,5H2,1-2H3/t10-,11+,12-/m1/s1. The highest BCUT2D eigenvalue weighted by Crippen LogP contribution is 2.30. The number of imidazole rings is 1. The van der Waals surface area contributed by atoms with Crippen LogP contribution in [-0.2, 0) is 6.54 Å². The molecule has 0 fully saturated rings. The summed E-state index contributed by atoms with van der Waals surface area (Å²) in [6.45, 7) is 4.28. The molecule has 0 bridgehead atoms. The number of aliphatic hydroxyl groups is 3. The van der Waals surface area contributed by atoms with Crippen LogP contribution in [0.5, 0.6) is 0 Å². The number of nitrogens with zero attached hydrogens (tertiary/aromatic N) is 2. The van der Waals surface area contributed by atoms with Gasteiger partial charge in [0.15, 0.2) is 0 Å². The lowest BCUT2D eigenvalue weighted by Crippen LogP contribution is -2.41. The van der Waals surface area contributed by atoms with Gasteiger partial charge < -0.3 is 19.9 Å². The summed E-state index contributed by atoms with van der Waals surface area (Å²) in [6, 6.07) is 3.96. The second-order valence-electron chi connectivity index (χ2n) is 5.01. The third-order valence-electron chi connectivity index (χ3n) is 3.75. The van der Waals surface area contributed by atoms with E-state index in [1.807, 2.05) is 26.0 Å². The molecule has 1 aromatic carbocycles. The Balaban J connectivity index is 2.27. The fraction of sp³-hybridized carbons (Fsp3) is 0.462. The number of hydrogen-bond donors (Lipinski definition) is 3. The smallest absolute Gasteiger partial charge is 0.141 e. The van der Waals surface area contributed by atoms with E-state index in [0.717, 1.165) is 22.2 Å². The quantitative estimate of drug-likeness (QED) is 0.631. The lowest BCUT2D eigenvalue weighted by molar-refractivity contribution is -0.0846. The Morgan fingerprint density at radius 1 is 1.17 bits per heavy atom. The molecular formula is C13H16N2O3. The molecule has 2 aromatic rings. The summed E-state index contributed by atoms with van der Waals surface area (Å²) < 4.78 is 1.78. The van der Waals surface area contributed by atoms with Crippen molar-refractivity contribution < 1.29 is 15.3 Å². The Morgan fingerprint density at radius 3 is 2.56 bits per heavy atom. The number of aliphatic hydroxyl groups excluding tert-OH is 3. The van der Waals surface area contributed by atoms with E-state index in [9.17, 15) is 15.3 Å². The molecule has 5 heteroatoms. The van der Waals surface area contributed by atoms with Crippen molar-refractivity contribution in [2.75, 3.05) is 0 Å². The van der Waals surface area contributed by atoms with Crippen molar-refractivity contribution in [3.63, 3.8) is 0 Å². The monoisotopic (exact) mass is 248 g/mol. The maximum atomic E-state index is 9.95. The highest BCUT2D eigenvalue weighted by atomic mass is 16.4. The number of rotatable bonds is 0. The summed E-state index contributed by atoms with van der Waals surface area (Å²) in [6.07, 6.45) is -3.27. The van der Waals surface area contributed by atoms with Crippen LogP contribution in [-0.4, -0.2) is 37.1 Å². The van der Waals surface area contributed by atoms with Gasteiger partial charge in [-0.1, -0.05) is 0 Å². The van der Waals surface area contributed by atoms with Gasteiger partial charge >= 0.3 is 0 Å². The van der Waals surface area contributed by atoms with Gasteiger partial charge in [0, 0.05) is 0 Å². The second-order valence-corrected chi connectivity index (χ2v) is 5.01. The van der Waals surface area contributed by atoms with Crippen molar-refractivity contribution in [2.45, 2.75) is 38.7 Å². The normalized spacial score (nSPS) is 27.5. The van der Waals surface area contributed by atoms with Gasteiger partial charge in [0.25, 0.3) is 0 Å². The zero-order valence-corrected chi connectivity index (χ0v) is 10.3. The van der Waals surface area contributed by atoms with Crippen LogP contribution in [0.25, 0.3) is 11.0 Å². The maximum absolute atomic E-state index is 9.95. The molecule has 3 atom stereocenters. The third-order valence-corrected chi connectivity index (χ3v) is 3.75. The number of fused-ring (bicyclic) bond motifs is 3. The first-order valence-corrected chi connectivity index (χ1v) is 6.00. The number of hydrogen-bond acceptors (Lipinski definition) is 4. The molecule has 0 radical (unpaired) electrons. The molecule has 0 spiro atoms. The van der Waals surface area contributed by atoms with E-state index in [1.165, 1.54) is 0 Å². The molecule has 5 nitrogen and oxygen atoms in total. The van der Waals surface area contributed by atoms with E-state index in [4.69, 9.17) is 0 Å². The molecule has 0 saturated heterocycles. The first-order valence-electron chi connectivity index (χ1n) is 6.00. The lowest BCUT2D eigenvalue weighted by atomic mass is 10.0. The summed E-state index contributed by atoms with van der Waals surface area (Å²) in [5.41, 5.74) is 3.94. The molecule has 0 amide bonds. The molecular weight excluding hydrogens is 232 g/mol. The fourth-order valence-electron chi connectivity index (χ4n) is 2.47. The van der Waals surface area contributed by atoms with Gasteiger partial charge in [-0.2, -0.15) is 0 Å². The van der Waals surface area contributed by atoms with E-state index in [0.29, 0.717) is 5.82 Å². The Kier molecular flexibility index (Phi) is 2.45. The zero-order chi connectivity index (χ0) is 13.0. The van der Waals surface area contributed by atoms with E-state index in [2.05, 4.69) is 4.98 Å². The Bertz CT molecular complexity index is 620. The molecule has 3 rings (SSSR count). The third kappa shape index (κ3) is 1.48. The number of aryl methyl sites for hydroxylation is 2. The van der Waals surface area contributed by atoms with E-state index in [1.54, 1.807) is 4.57 Å². The van der Waals surface area contributed by atoms with E-state index >= 15 is 0 Å². The first-order chi connectivity index (χ1) is 8.49. The first kappa shape index (κ1) is 11.6. The Morgan fingerprint density at radius 2 is 1.83 bits per heavy atom. The van der Waals surface area contributed by atoms with Gasteiger partial charge in [0.05, 0.1) is 17.6 Å². The summed E-state index contributed by atoms with van der Waals surface area (Å²) in [5, 5.41) is 29.4. The Hall–Kier alpha value is -1.43. The highest BCUT2D eigenvalue weighted by molar-refractivity contribution is 5.78. The fourth-order valence-corrected chi connectivity index (χ4v) is 2.47. The van der Waals surface area contributed by atoms with Gasteiger partial charge in [-0.3, -0.25) is 0 Å². The molecule has 1 aromatic heterocycles. The molecule has 2 heterocycles. The van der Waals surface area contributed by atoms with Gasteiger partial charge in [-0.15, -0.1) is 0 Å². The van der Waals surface area contributed by atoms with Crippen molar-refractivity contribution in [3.05, 3.63) is 29.1 Å². The maximum Gasteiger partial charge on any atom is 0.141 e. The summed E-state index contributed by atoms with van der Waals surface area (Å²) >= 11 is 0. The van der Waals surface area contributed by atoms with Crippen molar-refractivity contribution in [1.29, 1.82) is 0 Å². The van der Waals surface area contributed by atoms with Crippen LogP contribution in [0.1, 0.15) is 23.1 Å². The molecule has 0 unspecified atom stereocenters. The van der Waals surface area contributed by atoms with Gasteiger partial charge in [0.2, 0.25) is 0 Å². The average molecular weight is 248 g/mol. The number of aromatic nitrogens is 2. The molecule has 1 aliphatic heterocycles. The average Bonchev–Trinajstić information content (AvgIpc) is 2.66. The van der Waals surface area contributed by atoms with E-state index < -0.39 is 18.3 Å². The van der Waals surface area contributed by atoms with Crippen LogP contribution >= 0.6 is 0 Å². The lowest BCUT2D eigenvalue weighted by Gasteiger charge is -2.29. The van der Waals surface area contributed by atoms with Crippen molar-refractivity contribution in [2.24, 2.45) is 0 Å². The van der Waals surface area contributed by atoms with Crippen molar-refractivity contribution in [1.82, 2.24) is 9.55 Å². The predicted octanol–water partition coefficient (Wildman–Crippen LogP) is 0.422. The van der Waals surface area contributed by atoms with Crippen LogP contribution in [0.15, 0.2) is 12.1 Å². The van der Waals surface area contributed by atoms with Crippen molar-refractivity contribution >= 4 is 11.0 Å². The number of benzene rings is 1. The summed E-state index contributed by atoms with van der Waals surface area (Å²) in [5.74, 6) is 0.424. The van der Waals surface area contributed by atoms with Crippen LogP contribution in [0.4, 0.5) is 0 Å². The molecule has 18 heavy (non-hydrogen) atoms. The topological polar surface area (TPSA) is 78.5 Å². The molecule has 96 valence electrons. The Labute approximate surface area is 104 Å². The molecule has 1 aliphatic rings. The molecule has 0 saturated carbocycles. The van der Waals surface area contributed by atoms with Gasteiger partial charge in [-0.05, 0) is 37.1 Å². The van der Waals surface area contributed by atoms with Crippen LogP contribution in [0, 0.1) is 13.8 Å². The van der Waals surface area contributed by atoms with Gasteiger partial charge in [0.1, 0.15) is 24.1 Å². The van der Waals surface area contributed by atoms with Crippen molar-refractivity contribution in [3.8, 4) is 0 Å². The predicted molar refractivity (Wildman–Crippen MR) is 66.2 cm³/mol. The zero-order valence-electron chi connectivity index (χ0n) is 10.3. The molecule has 3 N–H and O–H groups in total. The second kappa shape index (κ2) is 3.78. The summed E-state index contributed by atoms with van der Waals surface area (Å²) in [7, 11) is 0. The SMILES string of the molecule is Cc1cc2nc3n(c2cc1C)C[C@@H](O)[C@H](O)[C@H]3O. The minimum absolute atomic E-state index is 0.257. The van der Waals surface area contributed by atoms with Crippen LogP contribution in [0.2, 0.25) is 0 Å². The van der Waals surface area contributed by atoms with Gasteiger partial charge in [-0.25, -0.2) is 4.98 Å². The summed E-state index contributed by atoms with van der Waals surface area (Å²) in [4.78, 5) is 4.36.